The lowest BCUT2D eigenvalue weighted by Crippen LogP contribution is -2.16. The van der Waals surface area contributed by atoms with Gasteiger partial charge in [-0.3, -0.25) is 0 Å². The summed E-state index contributed by atoms with van der Waals surface area (Å²) in [5, 5.41) is 6.70. The summed E-state index contributed by atoms with van der Waals surface area (Å²) in [6, 6.07) is 0. The molecule has 3 heteroatoms. The van der Waals surface area contributed by atoms with E-state index in [0.29, 0.717) is 0 Å². The van der Waals surface area contributed by atoms with Gasteiger partial charge in [-0.1, -0.05) is 25.7 Å². The predicted molar refractivity (Wildman–Crippen MR) is 75.6 cm³/mol. The summed E-state index contributed by atoms with van der Waals surface area (Å²) in [7, 11) is 3.80. The van der Waals surface area contributed by atoms with Crippen molar-refractivity contribution in [2.24, 2.45) is 0 Å². The van der Waals surface area contributed by atoms with Gasteiger partial charge in [0.2, 0.25) is 0 Å². The maximum atomic E-state index is 5.02. The van der Waals surface area contributed by atoms with E-state index in [4.69, 9.17) is 4.74 Å². The maximum absolute atomic E-state index is 5.02. The second kappa shape index (κ2) is 15.9. The molecule has 0 aliphatic rings. The average molecular weight is 244 g/mol. The molecule has 0 saturated carbocycles. The van der Waals surface area contributed by atoms with E-state index in [0.717, 1.165) is 13.2 Å². The SMILES string of the molecule is CNCCCCCCNCCCCCCOC. The van der Waals surface area contributed by atoms with Gasteiger partial charge in [-0.05, 0) is 52.4 Å². The molecule has 0 spiro atoms. The van der Waals surface area contributed by atoms with Crippen molar-refractivity contribution >= 4 is 0 Å². The third-order valence-corrected chi connectivity index (χ3v) is 2.98. The largest absolute Gasteiger partial charge is 0.385 e. The van der Waals surface area contributed by atoms with Crippen molar-refractivity contribution in [3.63, 3.8) is 0 Å². The second-order valence-electron chi connectivity index (χ2n) is 4.67. The second-order valence-corrected chi connectivity index (χ2v) is 4.67. The molecule has 3 nitrogen and oxygen atoms in total. The first-order chi connectivity index (χ1) is 8.41. The molecule has 0 heterocycles. The van der Waals surface area contributed by atoms with Crippen LogP contribution in [0.4, 0.5) is 0 Å². The van der Waals surface area contributed by atoms with E-state index in [1.807, 2.05) is 7.05 Å². The van der Waals surface area contributed by atoms with E-state index in [9.17, 15) is 0 Å². The van der Waals surface area contributed by atoms with Gasteiger partial charge in [-0.15, -0.1) is 0 Å². The highest BCUT2D eigenvalue weighted by molar-refractivity contribution is 4.51. The fraction of sp³-hybridized carbons (Fsp3) is 1.00. The normalized spacial score (nSPS) is 10.9. The Bertz CT molecular complexity index is 117. The zero-order chi connectivity index (χ0) is 12.6. The summed E-state index contributed by atoms with van der Waals surface area (Å²) in [5.74, 6) is 0. The van der Waals surface area contributed by atoms with E-state index in [2.05, 4.69) is 10.6 Å². The van der Waals surface area contributed by atoms with Gasteiger partial charge in [-0.25, -0.2) is 0 Å². The van der Waals surface area contributed by atoms with Crippen LogP contribution >= 0.6 is 0 Å². The lowest BCUT2D eigenvalue weighted by atomic mass is 10.2. The Hall–Kier alpha value is -0.120. The van der Waals surface area contributed by atoms with Gasteiger partial charge in [0.05, 0.1) is 0 Å². The standard InChI is InChI=1S/C14H32N2O/c1-15-11-7-3-4-8-12-16-13-9-5-6-10-14-17-2/h15-16H,3-14H2,1-2H3. The van der Waals surface area contributed by atoms with Crippen molar-refractivity contribution in [3.8, 4) is 0 Å². The van der Waals surface area contributed by atoms with Crippen molar-refractivity contribution in [1.82, 2.24) is 10.6 Å². The molecule has 0 aromatic rings. The Balaban J connectivity index is 2.85. The summed E-state index contributed by atoms with van der Waals surface area (Å²) in [6.07, 6.45) is 10.5. The van der Waals surface area contributed by atoms with E-state index < -0.39 is 0 Å². The average Bonchev–Trinajstić information content (AvgIpc) is 2.35. The van der Waals surface area contributed by atoms with Gasteiger partial charge < -0.3 is 15.4 Å². The van der Waals surface area contributed by atoms with Crippen LogP contribution in [0.25, 0.3) is 0 Å². The molecule has 17 heavy (non-hydrogen) atoms. The van der Waals surface area contributed by atoms with E-state index in [1.54, 1.807) is 7.11 Å². The molecule has 0 unspecified atom stereocenters. The first kappa shape index (κ1) is 16.9. The van der Waals surface area contributed by atoms with Gasteiger partial charge in [0, 0.05) is 13.7 Å². The number of nitrogens with one attached hydrogen (secondary N) is 2. The first-order valence-electron chi connectivity index (χ1n) is 7.26. The van der Waals surface area contributed by atoms with Gasteiger partial charge in [0.15, 0.2) is 0 Å². The maximum Gasteiger partial charge on any atom is 0.0462 e. The molecule has 0 saturated heterocycles. The molecule has 0 bridgehead atoms. The molecule has 0 fully saturated rings. The highest BCUT2D eigenvalue weighted by Crippen LogP contribution is 2.00. The number of methoxy groups -OCH3 is 1. The smallest absolute Gasteiger partial charge is 0.0462 e. The van der Waals surface area contributed by atoms with Crippen LogP contribution in [0, 0.1) is 0 Å². The quantitative estimate of drug-likeness (QED) is 0.461. The van der Waals surface area contributed by atoms with E-state index in [-0.39, 0.29) is 0 Å². The Morgan fingerprint density at radius 2 is 1.24 bits per heavy atom. The summed E-state index contributed by atoms with van der Waals surface area (Å²) in [5.41, 5.74) is 0. The minimum Gasteiger partial charge on any atom is -0.385 e. The van der Waals surface area contributed by atoms with E-state index >= 15 is 0 Å². The molecule has 104 valence electrons. The van der Waals surface area contributed by atoms with Gasteiger partial charge in [0.1, 0.15) is 0 Å². The molecular weight excluding hydrogens is 212 g/mol. The highest BCUT2D eigenvalue weighted by Gasteiger charge is 1.92. The van der Waals surface area contributed by atoms with Crippen LogP contribution < -0.4 is 10.6 Å². The molecule has 0 aromatic heterocycles. The summed E-state index contributed by atoms with van der Waals surface area (Å²) < 4.78 is 5.02. The zero-order valence-corrected chi connectivity index (χ0v) is 11.9. The fourth-order valence-corrected chi connectivity index (χ4v) is 1.88. The number of hydrogen-bond acceptors (Lipinski definition) is 3. The molecule has 0 radical (unpaired) electrons. The lowest BCUT2D eigenvalue weighted by Gasteiger charge is -2.05. The zero-order valence-electron chi connectivity index (χ0n) is 11.9. The van der Waals surface area contributed by atoms with Gasteiger partial charge >= 0.3 is 0 Å². The van der Waals surface area contributed by atoms with Crippen molar-refractivity contribution in [2.45, 2.75) is 51.4 Å². The molecule has 0 aromatic carbocycles. The number of hydrogen-bond donors (Lipinski definition) is 2. The monoisotopic (exact) mass is 244 g/mol. The number of rotatable bonds is 14. The van der Waals surface area contributed by atoms with Crippen molar-refractivity contribution in [1.29, 1.82) is 0 Å². The molecule has 2 N–H and O–H groups in total. The Kier molecular flexibility index (Phi) is 15.8. The minimum atomic E-state index is 0.917. The van der Waals surface area contributed by atoms with Crippen LogP contribution in [0.1, 0.15) is 51.4 Å². The van der Waals surface area contributed by atoms with Gasteiger partial charge in [-0.2, -0.15) is 0 Å². The highest BCUT2D eigenvalue weighted by atomic mass is 16.5. The Morgan fingerprint density at radius 3 is 1.76 bits per heavy atom. The molecule has 0 amide bonds. The summed E-state index contributed by atoms with van der Waals surface area (Å²) in [6.45, 7) is 4.45. The number of ether oxygens (including phenoxy) is 1. The third kappa shape index (κ3) is 15.9. The van der Waals surface area contributed by atoms with Crippen LogP contribution in [-0.2, 0) is 4.74 Å². The summed E-state index contributed by atoms with van der Waals surface area (Å²) in [4.78, 5) is 0. The minimum absolute atomic E-state index is 0.917. The van der Waals surface area contributed by atoms with Crippen LogP contribution in [-0.4, -0.2) is 40.4 Å². The molecule has 0 rings (SSSR count). The van der Waals surface area contributed by atoms with Crippen LogP contribution in [0.5, 0.6) is 0 Å². The molecular formula is C14H32N2O. The molecule has 0 aliphatic heterocycles. The van der Waals surface area contributed by atoms with Crippen molar-refractivity contribution < 1.29 is 4.74 Å². The summed E-state index contributed by atoms with van der Waals surface area (Å²) >= 11 is 0. The van der Waals surface area contributed by atoms with Crippen LogP contribution in [0.2, 0.25) is 0 Å². The lowest BCUT2D eigenvalue weighted by molar-refractivity contribution is 0.192. The van der Waals surface area contributed by atoms with Crippen molar-refractivity contribution in [2.75, 3.05) is 40.4 Å². The topological polar surface area (TPSA) is 33.3 Å². The van der Waals surface area contributed by atoms with Crippen LogP contribution in [0.15, 0.2) is 0 Å². The van der Waals surface area contributed by atoms with E-state index in [1.165, 1.54) is 64.5 Å². The van der Waals surface area contributed by atoms with Crippen molar-refractivity contribution in [3.05, 3.63) is 0 Å². The predicted octanol–water partition coefficient (Wildman–Crippen LogP) is 2.56. The van der Waals surface area contributed by atoms with Crippen LogP contribution in [0.3, 0.4) is 0 Å². The fourth-order valence-electron chi connectivity index (χ4n) is 1.88. The Labute approximate surface area is 108 Å². The van der Waals surface area contributed by atoms with Gasteiger partial charge in [0.25, 0.3) is 0 Å². The third-order valence-electron chi connectivity index (χ3n) is 2.98. The molecule has 0 aliphatic carbocycles. The Morgan fingerprint density at radius 1 is 0.706 bits per heavy atom. The first-order valence-corrected chi connectivity index (χ1v) is 7.26. The number of unbranched alkanes of at least 4 members (excludes halogenated alkanes) is 6. The molecule has 0 atom stereocenters.